The van der Waals surface area contributed by atoms with Crippen LogP contribution < -0.4 is 15.8 Å². The van der Waals surface area contributed by atoms with Gasteiger partial charge in [-0.15, -0.1) is 0 Å². The van der Waals surface area contributed by atoms with E-state index in [-0.39, 0.29) is 5.91 Å². The number of para-hydroxylation sites is 1. The Morgan fingerprint density at radius 1 is 1.19 bits per heavy atom. The number of rotatable bonds is 7. The van der Waals surface area contributed by atoms with Crippen LogP contribution in [0.15, 0.2) is 54.6 Å². The second-order valence-electron chi connectivity index (χ2n) is 5.96. The van der Waals surface area contributed by atoms with Gasteiger partial charge in [-0.25, -0.2) is 0 Å². The molecule has 0 bridgehead atoms. The average Bonchev–Trinajstić information content (AvgIpc) is 2.99. The van der Waals surface area contributed by atoms with Gasteiger partial charge >= 0.3 is 0 Å². The number of aromatic nitrogens is 1. The summed E-state index contributed by atoms with van der Waals surface area (Å²) in [5, 5.41) is 2.90. The molecule has 3 N–H and O–H groups in total. The number of ether oxygens (including phenoxy) is 1. The van der Waals surface area contributed by atoms with Crippen LogP contribution in [0, 0.1) is 3.95 Å². The molecular formula is C20H21N3O2S2. The molecule has 5 nitrogen and oxygen atoms in total. The number of hydrogen-bond donors (Lipinski definition) is 2. The smallest absolute Gasteiger partial charge is 0.265 e. The Kier molecular flexibility index (Phi) is 6.26. The first-order valence-electron chi connectivity index (χ1n) is 8.53. The van der Waals surface area contributed by atoms with E-state index >= 15 is 0 Å². The molecule has 140 valence electrons. The van der Waals surface area contributed by atoms with E-state index in [0.29, 0.717) is 27.7 Å². The SMILES string of the molecule is COc1ccccc1CNC(=O)c1sc(=S)n(CCc2ccccc2)c1N. The van der Waals surface area contributed by atoms with Crippen molar-refractivity contribution in [1.82, 2.24) is 9.88 Å². The van der Waals surface area contributed by atoms with Crippen molar-refractivity contribution in [2.75, 3.05) is 12.8 Å². The second kappa shape index (κ2) is 8.83. The maximum atomic E-state index is 12.6. The van der Waals surface area contributed by atoms with Crippen molar-refractivity contribution in [3.05, 3.63) is 74.6 Å². The molecule has 0 aliphatic rings. The van der Waals surface area contributed by atoms with Gasteiger partial charge in [-0.05, 0) is 30.3 Å². The van der Waals surface area contributed by atoms with Crippen LogP contribution in [0.5, 0.6) is 5.75 Å². The van der Waals surface area contributed by atoms with E-state index < -0.39 is 0 Å². The summed E-state index contributed by atoms with van der Waals surface area (Å²) in [5.41, 5.74) is 8.32. The number of aryl methyl sites for hydroxylation is 1. The molecule has 0 fully saturated rings. The van der Waals surface area contributed by atoms with E-state index in [0.717, 1.165) is 17.7 Å². The van der Waals surface area contributed by atoms with E-state index in [1.165, 1.54) is 16.9 Å². The Morgan fingerprint density at radius 3 is 2.63 bits per heavy atom. The van der Waals surface area contributed by atoms with E-state index in [2.05, 4.69) is 17.4 Å². The summed E-state index contributed by atoms with van der Waals surface area (Å²) in [6.07, 6.45) is 0.804. The van der Waals surface area contributed by atoms with Crippen LogP contribution in [0.1, 0.15) is 20.8 Å². The third-order valence-corrected chi connectivity index (χ3v) is 5.70. The molecule has 0 unspecified atom stereocenters. The third kappa shape index (κ3) is 4.56. The average molecular weight is 400 g/mol. The highest BCUT2D eigenvalue weighted by Gasteiger charge is 2.17. The second-order valence-corrected chi connectivity index (χ2v) is 7.61. The van der Waals surface area contributed by atoms with Crippen LogP contribution in [0.2, 0.25) is 0 Å². The molecule has 0 saturated carbocycles. The number of amides is 1. The highest BCUT2D eigenvalue weighted by atomic mass is 32.1. The number of benzene rings is 2. The van der Waals surface area contributed by atoms with Crippen molar-refractivity contribution >= 4 is 35.3 Å². The zero-order chi connectivity index (χ0) is 19.2. The lowest BCUT2D eigenvalue weighted by Crippen LogP contribution is -2.23. The summed E-state index contributed by atoms with van der Waals surface area (Å²) in [6.45, 7) is 1.00. The molecule has 0 saturated heterocycles. The summed E-state index contributed by atoms with van der Waals surface area (Å²) in [4.78, 5) is 13.0. The highest BCUT2D eigenvalue weighted by Crippen LogP contribution is 2.23. The van der Waals surface area contributed by atoms with Crippen LogP contribution in [-0.2, 0) is 19.5 Å². The number of thiazole rings is 1. The summed E-state index contributed by atoms with van der Waals surface area (Å²) >= 11 is 6.65. The normalized spacial score (nSPS) is 10.6. The number of methoxy groups -OCH3 is 1. The Hall–Kier alpha value is -2.64. The molecule has 27 heavy (non-hydrogen) atoms. The molecule has 1 aromatic heterocycles. The minimum atomic E-state index is -0.229. The van der Waals surface area contributed by atoms with E-state index in [1.54, 1.807) is 7.11 Å². The summed E-state index contributed by atoms with van der Waals surface area (Å²) in [7, 11) is 1.61. The molecular weight excluding hydrogens is 378 g/mol. The van der Waals surface area contributed by atoms with E-state index in [9.17, 15) is 4.79 Å². The number of nitrogens with one attached hydrogen (secondary N) is 1. The zero-order valence-corrected chi connectivity index (χ0v) is 16.6. The topological polar surface area (TPSA) is 69.3 Å². The molecule has 0 atom stereocenters. The molecule has 0 aliphatic carbocycles. The van der Waals surface area contributed by atoms with Crippen LogP contribution >= 0.6 is 23.6 Å². The van der Waals surface area contributed by atoms with Crippen molar-refractivity contribution < 1.29 is 9.53 Å². The van der Waals surface area contributed by atoms with Gasteiger partial charge in [0.1, 0.15) is 16.4 Å². The molecule has 0 aliphatic heterocycles. The molecule has 1 heterocycles. The molecule has 1 amide bonds. The van der Waals surface area contributed by atoms with Crippen LogP contribution in [0.4, 0.5) is 5.82 Å². The maximum absolute atomic E-state index is 12.6. The number of carbonyl (C=O) groups excluding carboxylic acids is 1. The Labute approximate surface area is 167 Å². The Morgan fingerprint density at radius 2 is 1.89 bits per heavy atom. The standard InChI is InChI=1S/C20H21N3O2S2/c1-25-16-10-6-5-9-15(16)13-22-19(24)17-18(21)23(20(26)27-17)12-11-14-7-3-2-4-8-14/h2-10H,11-13,21H2,1H3,(H,22,24). The van der Waals surface area contributed by atoms with Crippen molar-refractivity contribution in [3.63, 3.8) is 0 Å². The lowest BCUT2D eigenvalue weighted by atomic mass is 10.1. The Bertz CT molecular complexity index is 980. The highest BCUT2D eigenvalue weighted by molar-refractivity contribution is 7.73. The molecule has 7 heteroatoms. The largest absolute Gasteiger partial charge is 0.496 e. The van der Waals surface area contributed by atoms with Gasteiger partial charge in [-0.2, -0.15) is 0 Å². The van der Waals surface area contributed by atoms with Crippen molar-refractivity contribution in [2.24, 2.45) is 0 Å². The van der Waals surface area contributed by atoms with Gasteiger partial charge in [0.2, 0.25) is 0 Å². The van der Waals surface area contributed by atoms with E-state index in [4.69, 9.17) is 22.7 Å². The summed E-state index contributed by atoms with van der Waals surface area (Å²) in [6, 6.07) is 17.7. The predicted octanol–water partition coefficient (Wildman–Crippen LogP) is 4.04. The molecule has 3 rings (SSSR count). The first-order chi connectivity index (χ1) is 13.1. The summed E-state index contributed by atoms with van der Waals surface area (Å²) < 4.78 is 7.74. The van der Waals surface area contributed by atoms with Gasteiger partial charge in [0, 0.05) is 18.7 Å². The first-order valence-corrected chi connectivity index (χ1v) is 9.75. The van der Waals surface area contributed by atoms with Gasteiger partial charge < -0.3 is 20.4 Å². The van der Waals surface area contributed by atoms with Gasteiger partial charge in [-0.3, -0.25) is 4.79 Å². The molecule has 0 spiro atoms. The van der Waals surface area contributed by atoms with Gasteiger partial charge in [0.15, 0.2) is 3.95 Å². The third-order valence-electron chi connectivity index (χ3n) is 4.24. The maximum Gasteiger partial charge on any atom is 0.265 e. The van der Waals surface area contributed by atoms with E-state index in [1.807, 2.05) is 47.0 Å². The molecule has 0 radical (unpaired) electrons. The van der Waals surface area contributed by atoms with Crippen LogP contribution in [0.3, 0.4) is 0 Å². The molecule has 2 aromatic carbocycles. The summed E-state index contributed by atoms with van der Waals surface area (Å²) in [5.74, 6) is 0.922. The minimum absolute atomic E-state index is 0.229. The molecule has 3 aromatic rings. The van der Waals surface area contributed by atoms with Gasteiger partial charge in [0.05, 0.1) is 7.11 Å². The predicted molar refractivity (Wildman–Crippen MR) is 112 cm³/mol. The van der Waals surface area contributed by atoms with Crippen molar-refractivity contribution in [3.8, 4) is 5.75 Å². The van der Waals surface area contributed by atoms with Gasteiger partial charge in [0.25, 0.3) is 5.91 Å². The first kappa shape index (κ1) is 19.1. The number of carbonyl (C=O) groups is 1. The number of nitrogens with zero attached hydrogens (tertiary/aromatic N) is 1. The number of anilines is 1. The van der Waals surface area contributed by atoms with Gasteiger partial charge in [-0.1, -0.05) is 59.9 Å². The minimum Gasteiger partial charge on any atom is -0.496 e. The lowest BCUT2D eigenvalue weighted by molar-refractivity contribution is 0.0955. The number of nitrogen functional groups attached to an aromatic ring is 1. The Balaban J connectivity index is 1.69. The fraction of sp³-hybridized carbons (Fsp3) is 0.200. The fourth-order valence-electron chi connectivity index (χ4n) is 2.78. The quantitative estimate of drug-likeness (QED) is 0.588. The monoisotopic (exact) mass is 399 g/mol. The fourth-order valence-corrected chi connectivity index (χ4v) is 4.07. The zero-order valence-electron chi connectivity index (χ0n) is 15.0. The van der Waals surface area contributed by atoms with Crippen molar-refractivity contribution in [1.29, 1.82) is 0 Å². The van der Waals surface area contributed by atoms with Crippen molar-refractivity contribution in [2.45, 2.75) is 19.5 Å². The number of hydrogen-bond acceptors (Lipinski definition) is 5. The van der Waals surface area contributed by atoms with Crippen LogP contribution in [-0.4, -0.2) is 17.6 Å². The number of nitrogens with two attached hydrogens (primary N) is 1. The van der Waals surface area contributed by atoms with Crippen LogP contribution in [0.25, 0.3) is 0 Å². The lowest BCUT2D eigenvalue weighted by Gasteiger charge is -2.10.